The topological polar surface area (TPSA) is 9.23 Å². The van der Waals surface area contributed by atoms with Crippen molar-refractivity contribution in [3.8, 4) is 0 Å². The Morgan fingerprint density at radius 3 is 2.70 bits per heavy atom. The molecule has 1 atom stereocenters. The predicted molar refractivity (Wildman–Crippen MR) is 88.4 cm³/mol. The van der Waals surface area contributed by atoms with Crippen molar-refractivity contribution in [1.29, 1.82) is 0 Å². The van der Waals surface area contributed by atoms with Crippen LogP contribution >= 0.6 is 15.9 Å². The first kappa shape index (κ1) is 14.1. The van der Waals surface area contributed by atoms with Gasteiger partial charge >= 0.3 is 0 Å². The quantitative estimate of drug-likeness (QED) is 0.658. The Labute approximate surface area is 129 Å². The van der Waals surface area contributed by atoms with E-state index in [0.717, 1.165) is 12.5 Å². The molecule has 2 heteroatoms. The maximum Gasteiger partial charge on any atom is 0.0580 e. The molecule has 0 aromatic heterocycles. The van der Waals surface area contributed by atoms with E-state index >= 15 is 0 Å². The molecular weight excluding hydrogens is 312 g/mol. The second-order valence-electron chi connectivity index (χ2n) is 5.69. The lowest BCUT2D eigenvalue weighted by Crippen LogP contribution is -2.31. The molecule has 3 rings (SSSR count). The Kier molecular flexibility index (Phi) is 4.42. The molecule has 0 heterocycles. The molecule has 2 aromatic rings. The van der Waals surface area contributed by atoms with Gasteiger partial charge in [0.25, 0.3) is 0 Å². The van der Waals surface area contributed by atoms with Crippen molar-refractivity contribution in [3.63, 3.8) is 0 Å². The molecular formula is C18H21BrO. The van der Waals surface area contributed by atoms with Crippen LogP contribution in [0.4, 0.5) is 0 Å². The average molecular weight is 333 g/mol. The third kappa shape index (κ3) is 2.91. The maximum absolute atomic E-state index is 5.65. The number of rotatable bonds is 5. The summed E-state index contributed by atoms with van der Waals surface area (Å²) < 4.78 is 5.65. The van der Waals surface area contributed by atoms with Gasteiger partial charge in [-0.15, -0.1) is 0 Å². The van der Waals surface area contributed by atoms with Gasteiger partial charge in [0.2, 0.25) is 0 Å². The van der Waals surface area contributed by atoms with Crippen molar-refractivity contribution in [2.75, 3.05) is 6.61 Å². The van der Waals surface area contributed by atoms with Gasteiger partial charge in [0.15, 0.2) is 0 Å². The molecule has 0 saturated heterocycles. The van der Waals surface area contributed by atoms with Crippen LogP contribution in [0, 0.1) is 5.92 Å². The highest BCUT2D eigenvalue weighted by Gasteiger charge is 2.31. The number of halogens is 1. The highest BCUT2D eigenvalue weighted by Crippen LogP contribution is 2.41. The zero-order valence-electron chi connectivity index (χ0n) is 11.9. The molecule has 1 fully saturated rings. The van der Waals surface area contributed by atoms with Crippen LogP contribution in [0.15, 0.2) is 42.5 Å². The van der Waals surface area contributed by atoms with Gasteiger partial charge in [0, 0.05) is 11.4 Å². The molecule has 0 bridgehead atoms. The van der Waals surface area contributed by atoms with Gasteiger partial charge in [-0.2, -0.15) is 0 Å². The Morgan fingerprint density at radius 1 is 1.15 bits per heavy atom. The van der Waals surface area contributed by atoms with E-state index < -0.39 is 0 Å². The third-order valence-corrected chi connectivity index (χ3v) is 5.16. The van der Waals surface area contributed by atoms with E-state index in [0.29, 0.717) is 10.9 Å². The number of hydrogen-bond donors (Lipinski definition) is 0. The minimum Gasteiger partial charge on any atom is -0.378 e. The van der Waals surface area contributed by atoms with Crippen LogP contribution in [0.2, 0.25) is 0 Å². The highest BCUT2D eigenvalue weighted by molar-refractivity contribution is 9.09. The Bertz CT molecular complexity index is 569. The SMILES string of the molecule is CCOC1CC(CC(Br)c2cccc3ccccc23)C1. The van der Waals surface area contributed by atoms with E-state index in [4.69, 9.17) is 4.74 Å². The Balaban J connectivity index is 1.69. The number of alkyl halides is 1. The molecule has 1 aliphatic carbocycles. The summed E-state index contributed by atoms with van der Waals surface area (Å²) in [6.07, 6.45) is 4.16. The fraction of sp³-hybridized carbons (Fsp3) is 0.444. The Hall–Kier alpha value is -0.860. The monoisotopic (exact) mass is 332 g/mol. The number of hydrogen-bond acceptors (Lipinski definition) is 1. The van der Waals surface area contributed by atoms with Crippen LogP contribution in [-0.2, 0) is 4.74 Å². The van der Waals surface area contributed by atoms with Crippen LogP contribution in [0.5, 0.6) is 0 Å². The van der Waals surface area contributed by atoms with Crippen molar-refractivity contribution in [3.05, 3.63) is 48.0 Å². The average Bonchev–Trinajstić information content (AvgIpc) is 2.44. The minimum absolute atomic E-state index is 0.446. The summed E-state index contributed by atoms with van der Waals surface area (Å²) in [5, 5.41) is 2.70. The number of ether oxygens (including phenoxy) is 1. The maximum atomic E-state index is 5.65. The lowest BCUT2D eigenvalue weighted by molar-refractivity contribution is -0.0264. The molecule has 0 aliphatic heterocycles. The standard InChI is InChI=1S/C18H21BrO/c1-2-20-15-10-13(11-15)12-18(19)17-9-5-7-14-6-3-4-8-16(14)17/h3-9,13,15,18H,2,10-12H2,1H3. The molecule has 20 heavy (non-hydrogen) atoms. The molecule has 0 N–H and O–H groups in total. The second-order valence-corrected chi connectivity index (χ2v) is 6.79. The van der Waals surface area contributed by atoms with Crippen LogP contribution in [0.3, 0.4) is 0 Å². The minimum atomic E-state index is 0.446. The molecule has 0 spiro atoms. The first-order chi connectivity index (χ1) is 9.78. The highest BCUT2D eigenvalue weighted by atomic mass is 79.9. The largest absolute Gasteiger partial charge is 0.378 e. The van der Waals surface area contributed by atoms with Crippen LogP contribution in [0.1, 0.15) is 36.6 Å². The summed E-state index contributed by atoms with van der Waals surface area (Å²) >= 11 is 3.90. The summed E-state index contributed by atoms with van der Waals surface area (Å²) in [5.74, 6) is 0.801. The first-order valence-electron chi connectivity index (χ1n) is 7.51. The van der Waals surface area contributed by atoms with E-state index in [9.17, 15) is 0 Å². The predicted octanol–water partition coefficient (Wildman–Crippen LogP) is 5.48. The van der Waals surface area contributed by atoms with E-state index in [1.807, 2.05) is 0 Å². The van der Waals surface area contributed by atoms with Gasteiger partial charge in [-0.25, -0.2) is 0 Å². The van der Waals surface area contributed by atoms with E-state index in [1.165, 1.54) is 35.6 Å². The van der Waals surface area contributed by atoms with E-state index in [1.54, 1.807) is 0 Å². The second kappa shape index (κ2) is 6.28. The van der Waals surface area contributed by atoms with Crippen molar-refractivity contribution in [2.24, 2.45) is 5.92 Å². The van der Waals surface area contributed by atoms with Crippen molar-refractivity contribution < 1.29 is 4.74 Å². The molecule has 0 amide bonds. The number of benzene rings is 2. The van der Waals surface area contributed by atoms with Crippen molar-refractivity contribution >= 4 is 26.7 Å². The van der Waals surface area contributed by atoms with Crippen LogP contribution in [-0.4, -0.2) is 12.7 Å². The van der Waals surface area contributed by atoms with Gasteiger partial charge in [0.05, 0.1) is 6.10 Å². The lowest BCUT2D eigenvalue weighted by Gasteiger charge is -2.36. The van der Waals surface area contributed by atoms with E-state index in [2.05, 4.69) is 65.3 Å². The molecule has 2 aromatic carbocycles. The Morgan fingerprint density at radius 2 is 1.90 bits per heavy atom. The molecule has 1 nitrogen and oxygen atoms in total. The zero-order chi connectivity index (χ0) is 13.9. The van der Waals surface area contributed by atoms with Gasteiger partial charge in [-0.1, -0.05) is 58.4 Å². The molecule has 1 unspecified atom stereocenters. The smallest absolute Gasteiger partial charge is 0.0580 e. The van der Waals surface area contributed by atoms with Gasteiger partial charge in [-0.3, -0.25) is 0 Å². The lowest BCUT2D eigenvalue weighted by atomic mass is 9.78. The number of fused-ring (bicyclic) bond motifs is 1. The molecule has 106 valence electrons. The van der Waals surface area contributed by atoms with Gasteiger partial charge < -0.3 is 4.74 Å². The summed E-state index contributed by atoms with van der Waals surface area (Å²) in [4.78, 5) is 0.446. The van der Waals surface area contributed by atoms with Gasteiger partial charge in [0.1, 0.15) is 0 Å². The summed E-state index contributed by atoms with van der Waals surface area (Å²) in [6, 6.07) is 15.2. The van der Waals surface area contributed by atoms with E-state index in [-0.39, 0.29) is 0 Å². The van der Waals surface area contributed by atoms with Gasteiger partial charge in [-0.05, 0) is 48.4 Å². The summed E-state index contributed by atoms with van der Waals surface area (Å²) in [7, 11) is 0. The first-order valence-corrected chi connectivity index (χ1v) is 8.42. The summed E-state index contributed by atoms with van der Waals surface area (Å²) in [6.45, 7) is 2.93. The summed E-state index contributed by atoms with van der Waals surface area (Å²) in [5.41, 5.74) is 1.42. The van der Waals surface area contributed by atoms with Crippen molar-refractivity contribution in [2.45, 2.75) is 37.1 Å². The third-order valence-electron chi connectivity index (χ3n) is 4.30. The normalized spacial score (nSPS) is 23.5. The zero-order valence-corrected chi connectivity index (χ0v) is 13.5. The fourth-order valence-corrected chi connectivity index (χ4v) is 4.11. The molecule has 1 saturated carbocycles. The van der Waals surface area contributed by atoms with Crippen molar-refractivity contribution in [1.82, 2.24) is 0 Å². The van der Waals surface area contributed by atoms with Crippen LogP contribution < -0.4 is 0 Å². The molecule has 0 radical (unpaired) electrons. The molecule has 1 aliphatic rings. The van der Waals surface area contributed by atoms with Crippen LogP contribution in [0.25, 0.3) is 10.8 Å². The fourth-order valence-electron chi connectivity index (χ4n) is 3.18.